The van der Waals surface area contributed by atoms with Gasteiger partial charge in [0.15, 0.2) is 5.82 Å². The van der Waals surface area contributed by atoms with Crippen LogP contribution in [0.15, 0.2) is 54.6 Å². The Hall–Kier alpha value is -3.19. The van der Waals surface area contributed by atoms with Crippen molar-refractivity contribution in [1.82, 2.24) is 25.0 Å². The standard InChI is InChI=1S/C27H36N6O/c1-20(2)18-25(28-21(3)34)27-30-29-26-14-15-32(16-17-33(26)27)19-22-10-12-24(13-11-22)31(4)23-8-6-5-7-9-23/h5-13,20,25H,14-19H2,1-4H3,(H,28,34)/t25-/m0/s1. The maximum absolute atomic E-state index is 11.8. The van der Waals surface area contributed by atoms with Crippen molar-refractivity contribution in [2.24, 2.45) is 5.92 Å². The molecule has 1 aliphatic heterocycles. The Morgan fingerprint density at radius 2 is 1.71 bits per heavy atom. The Morgan fingerprint density at radius 3 is 2.38 bits per heavy atom. The van der Waals surface area contributed by atoms with Gasteiger partial charge in [-0.05, 0) is 42.2 Å². The van der Waals surface area contributed by atoms with E-state index in [0.717, 1.165) is 50.7 Å². The molecule has 180 valence electrons. The third-order valence-corrected chi connectivity index (χ3v) is 6.42. The van der Waals surface area contributed by atoms with Crippen LogP contribution in [-0.2, 0) is 24.3 Å². The summed E-state index contributed by atoms with van der Waals surface area (Å²) in [7, 11) is 2.10. The van der Waals surface area contributed by atoms with Gasteiger partial charge in [-0.25, -0.2) is 0 Å². The summed E-state index contributed by atoms with van der Waals surface area (Å²) in [4.78, 5) is 16.5. The quantitative estimate of drug-likeness (QED) is 0.542. The molecule has 0 bridgehead atoms. The molecule has 0 saturated carbocycles. The molecule has 0 unspecified atom stereocenters. The lowest BCUT2D eigenvalue weighted by Gasteiger charge is -2.23. The monoisotopic (exact) mass is 460 g/mol. The average molecular weight is 461 g/mol. The topological polar surface area (TPSA) is 66.3 Å². The number of aromatic nitrogens is 3. The molecule has 1 atom stereocenters. The van der Waals surface area contributed by atoms with E-state index in [2.05, 4.69) is 99.3 Å². The number of hydrogen-bond acceptors (Lipinski definition) is 5. The molecule has 7 nitrogen and oxygen atoms in total. The maximum Gasteiger partial charge on any atom is 0.217 e. The van der Waals surface area contributed by atoms with Gasteiger partial charge < -0.3 is 14.8 Å². The molecule has 2 heterocycles. The maximum atomic E-state index is 11.8. The lowest BCUT2D eigenvalue weighted by atomic mass is 10.0. The fraction of sp³-hybridized carbons (Fsp3) is 0.444. The zero-order chi connectivity index (χ0) is 24.1. The molecule has 1 aliphatic rings. The van der Waals surface area contributed by atoms with Crippen molar-refractivity contribution < 1.29 is 4.79 Å². The smallest absolute Gasteiger partial charge is 0.217 e. The van der Waals surface area contributed by atoms with Crippen molar-refractivity contribution in [3.05, 3.63) is 71.8 Å². The molecule has 4 rings (SSSR count). The number of nitrogens with one attached hydrogen (secondary N) is 1. The molecule has 7 heteroatoms. The highest BCUT2D eigenvalue weighted by molar-refractivity contribution is 5.73. The highest BCUT2D eigenvalue weighted by atomic mass is 16.1. The normalized spacial score (nSPS) is 15.0. The second-order valence-electron chi connectivity index (χ2n) is 9.60. The van der Waals surface area contributed by atoms with Crippen LogP contribution in [0.1, 0.15) is 50.4 Å². The minimum absolute atomic E-state index is 0.0281. The third kappa shape index (κ3) is 5.83. The average Bonchev–Trinajstić information content (AvgIpc) is 3.13. The van der Waals surface area contributed by atoms with Gasteiger partial charge in [0.25, 0.3) is 0 Å². The second kappa shape index (κ2) is 10.8. The number of benzene rings is 2. The molecule has 2 aromatic carbocycles. The molecule has 0 saturated heterocycles. The van der Waals surface area contributed by atoms with Crippen LogP contribution >= 0.6 is 0 Å². The zero-order valence-corrected chi connectivity index (χ0v) is 20.7. The Balaban J connectivity index is 1.40. The molecule has 0 radical (unpaired) electrons. The lowest BCUT2D eigenvalue weighted by Crippen LogP contribution is -2.31. The van der Waals surface area contributed by atoms with Gasteiger partial charge in [0.1, 0.15) is 5.82 Å². The van der Waals surface area contributed by atoms with E-state index in [4.69, 9.17) is 0 Å². The summed E-state index contributed by atoms with van der Waals surface area (Å²) >= 11 is 0. The number of fused-ring (bicyclic) bond motifs is 1. The van der Waals surface area contributed by atoms with E-state index in [1.807, 2.05) is 6.07 Å². The number of anilines is 2. The van der Waals surface area contributed by atoms with Crippen LogP contribution in [0.25, 0.3) is 0 Å². The van der Waals surface area contributed by atoms with E-state index < -0.39 is 0 Å². The van der Waals surface area contributed by atoms with Crippen LogP contribution < -0.4 is 10.2 Å². The predicted molar refractivity (Wildman–Crippen MR) is 136 cm³/mol. The summed E-state index contributed by atoms with van der Waals surface area (Å²) in [5, 5.41) is 12.0. The van der Waals surface area contributed by atoms with E-state index in [0.29, 0.717) is 5.92 Å². The van der Waals surface area contributed by atoms with Crippen LogP contribution in [0.4, 0.5) is 11.4 Å². The van der Waals surface area contributed by atoms with Crippen molar-refractivity contribution in [1.29, 1.82) is 0 Å². The van der Waals surface area contributed by atoms with Gasteiger partial charge in [0, 0.05) is 57.9 Å². The van der Waals surface area contributed by atoms with E-state index in [1.165, 1.54) is 16.9 Å². The molecule has 0 aliphatic carbocycles. The lowest BCUT2D eigenvalue weighted by molar-refractivity contribution is -0.119. The van der Waals surface area contributed by atoms with Crippen molar-refractivity contribution >= 4 is 17.3 Å². The van der Waals surface area contributed by atoms with Crippen molar-refractivity contribution in [3.63, 3.8) is 0 Å². The Kier molecular flexibility index (Phi) is 7.63. The fourth-order valence-electron chi connectivity index (χ4n) is 4.63. The van der Waals surface area contributed by atoms with E-state index in [-0.39, 0.29) is 11.9 Å². The van der Waals surface area contributed by atoms with Gasteiger partial charge in [-0.2, -0.15) is 0 Å². The number of rotatable bonds is 8. The zero-order valence-electron chi connectivity index (χ0n) is 20.7. The first kappa shape index (κ1) is 24.0. The number of para-hydroxylation sites is 1. The molecule has 34 heavy (non-hydrogen) atoms. The molecule has 0 fully saturated rings. The first-order valence-electron chi connectivity index (χ1n) is 12.2. The summed E-state index contributed by atoms with van der Waals surface area (Å²) in [6.07, 6.45) is 1.71. The first-order valence-corrected chi connectivity index (χ1v) is 12.2. The molecular formula is C27H36N6O. The SMILES string of the molecule is CC(=O)N[C@@H](CC(C)C)c1nnc2n1CCN(Cc1ccc(N(C)c3ccccc3)cc1)CC2. The van der Waals surface area contributed by atoms with Crippen LogP contribution in [0.3, 0.4) is 0 Å². The minimum Gasteiger partial charge on any atom is -0.346 e. The Labute approximate surface area is 202 Å². The third-order valence-electron chi connectivity index (χ3n) is 6.42. The largest absolute Gasteiger partial charge is 0.346 e. The summed E-state index contributed by atoms with van der Waals surface area (Å²) < 4.78 is 2.22. The first-order chi connectivity index (χ1) is 16.4. The molecule has 1 N–H and O–H groups in total. The van der Waals surface area contributed by atoms with Gasteiger partial charge >= 0.3 is 0 Å². The molecule has 1 amide bonds. The van der Waals surface area contributed by atoms with Crippen molar-refractivity contribution in [2.75, 3.05) is 25.0 Å². The predicted octanol–water partition coefficient (Wildman–Crippen LogP) is 4.33. The fourth-order valence-corrected chi connectivity index (χ4v) is 4.63. The molecule has 3 aromatic rings. The molecular weight excluding hydrogens is 424 g/mol. The Bertz CT molecular complexity index is 1080. The van der Waals surface area contributed by atoms with Gasteiger partial charge in [-0.3, -0.25) is 9.69 Å². The number of carbonyl (C=O) groups excluding carboxylic acids is 1. The minimum atomic E-state index is -0.0977. The number of hydrogen-bond donors (Lipinski definition) is 1. The van der Waals surface area contributed by atoms with Crippen molar-refractivity contribution in [2.45, 2.75) is 52.7 Å². The van der Waals surface area contributed by atoms with Crippen LogP contribution in [0.5, 0.6) is 0 Å². The second-order valence-corrected chi connectivity index (χ2v) is 9.60. The van der Waals surface area contributed by atoms with Crippen LogP contribution in [0, 0.1) is 5.92 Å². The van der Waals surface area contributed by atoms with Crippen LogP contribution in [-0.4, -0.2) is 45.7 Å². The molecule has 0 spiro atoms. The van der Waals surface area contributed by atoms with E-state index in [9.17, 15) is 4.79 Å². The van der Waals surface area contributed by atoms with E-state index in [1.54, 1.807) is 6.92 Å². The van der Waals surface area contributed by atoms with Crippen molar-refractivity contribution in [3.8, 4) is 0 Å². The molecule has 1 aromatic heterocycles. The summed E-state index contributed by atoms with van der Waals surface area (Å²) in [6, 6.07) is 19.1. The van der Waals surface area contributed by atoms with Crippen LogP contribution in [0.2, 0.25) is 0 Å². The highest BCUT2D eigenvalue weighted by Crippen LogP contribution is 2.25. The summed E-state index contributed by atoms with van der Waals surface area (Å²) in [5.41, 5.74) is 3.66. The Morgan fingerprint density at radius 1 is 1.00 bits per heavy atom. The number of nitrogens with zero attached hydrogens (tertiary/aromatic N) is 5. The summed E-state index contributed by atoms with van der Waals surface area (Å²) in [6.45, 7) is 9.51. The van der Waals surface area contributed by atoms with Gasteiger partial charge in [-0.1, -0.05) is 44.2 Å². The van der Waals surface area contributed by atoms with Gasteiger partial charge in [0.05, 0.1) is 6.04 Å². The van der Waals surface area contributed by atoms with Gasteiger partial charge in [-0.15, -0.1) is 10.2 Å². The van der Waals surface area contributed by atoms with Gasteiger partial charge in [0.2, 0.25) is 5.91 Å². The van der Waals surface area contributed by atoms with E-state index >= 15 is 0 Å². The highest BCUT2D eigenvalue weighted by Gasteiger charge is 2.25. The number of amides is 1. The summed E-state index contributed by atoms with van der Waals surface area (Å²) in [5.74, 6) is 2.32. The number of carbonyl (C=O) groups is 1.